The molecule has 0 aliphatic heterocycles. The molecule has 0 spiro atoms. The summed E-state index contributed by atoms with van der Waals surface area (Å²) in [5.41, 5.74) is 1.79. The van der Waals surface area contributed by atoms with Gasteiger partial charge in [0.25, 0.3) is 0 Å². The van der Waals surface area contributed by atoms with Crippen molar-refractivity contribution in [2.45, 2.75) is 25.7 Å². The van der Waals surface area contributed by atoms with E-state index in [0.29, 0.717) is 30.5 Å². The average Bonchev–Trinajstić information content (AvgIpc) is 3.04. The minimum Gasteiger partial charge on any atom is -0.339 e. The summed E-state index contributed by atoms with van der Waals surface area (Å²) in [6, 6.07) is 11.7. The highest BCUT2D eigenvalue weighted by atomic mass is 32.1. The molecule has 0 atom stereocenters. The molecular weight excluding hydrogens is 322 g/mol. The first-order valence-electron chi connectivity index (χ1n) is 8.02. The zero-order valence-electron chi connectivity index (χ0n) is 13.1. The fourth-order valence-electron chi connectivity index (χ4n) is 2.58. The molecule has 3 aromatic rings. The van der Waals surface area contributed by atoms with E-state index in [-0.39, 0.29) is 5.91 Å². The molecule has 1 aromatic carbocycles. The highest BCUT2D eigenvalue weighted by Gasteiger charge is 2.24. The normalized spacial score (nSPS) is 13.8. The molecule has 0 unspecified atom stereocenters. The van der Waals surface area contributed by atoms with E-state index in [0.717, 1.165) is 16.1 Å². The van der Waals surface area contributed by atoms with Crippen LogP contribution in [0.25, 0.3) is 10.7 Å². The summed E-state index contributed by atoms with van der Waals surface area (Å²) in [4.78, 5) is 17.5. The summed E-state index contributed by atoms with van der Waals surface area (Å²) < 4.78 is 5.36. The van der Waals surface area contributed by atoms with Gasteiger partial charge in [0, 0.05) is 12.1 Å². The molecule has 24 heavy (non-hydrogen) atoms. The lowest BCUT2D eigenvalue weighted by molar-refractivity contribution is -0.116. The van der Waals surface area contributed by atoms with Crippen LogP contribution in [0.15, 0.2) is 46.3 Å². The van der Waals surface area contributed by atoms with Crippen molar-refractivity contribution in [3.05, 3.63) is 53.2 Å². The molecule has 122 valence electrons. The van der Waals surface area contributed by atoms with Gasteiger partial charge in [0.05, 0.1) is 11.3 Å². The van der Waals surface area contributed by atoms with Gasteiger partial charge in [0.2, 0.25) is 17.6 Å². The average molecular weight is 339 g/mol. The van der Waals surface area contributed by atoms with Crippen molar-refractivity contribution < 1.29 is 9.32 Å². The number of anilines is 1. The van der Waals surface area contributed by atoms with Gasteiger partial charge in [-0.25, -0.2) is 0 Å². The van der Waals surface area contributed by atoms with E-state index in [4.69, 9.17) is 4.52 Å². The van der Waals surface area contributed by atoms with E-state index in [2.05, 4.69) is 15.5 Å². The Labute approximate surface area is 143 Å². The Morgan fingerprint density at radius 2 is 2.12 bits per heavy atom. The Balaban J connectivity index is 1.49. The molecule has 1 amide bonds. The quantitative estimate of drug-likeness (QED) is 0.733. The van der Waals surface area contributed by atoms with Crippen molar-refractivity contribution in [1.29, 1.82) is 0 Å². The minimum absolute atomic E-state index is 0.0785. The van der Waals surface area contributed by atoms with Gasteiger partial charge in [-0.15, -0.1) is 11.3 Å². The highest BCUT2D eigenvalue weighted by molar-refractivity contribution is 7.13. The Morgan fingerprint density at radius 3 is 2.92 bits per heavy atom. The summed E-state index contributed by atoms with van der Waals surface area (Å²) in [5, 5.41) is 9.02. The Morgan fingerprint density at radius 1 is 1.25 bits per heavy atom. The maximum Gasteiger partial charge on any atom is 0.231 e. The number of benzene rings is 1. The van der Waals surface area contributed by atoms with Crippen LogP contribution in [0, 0.1) is 5.92 Å². The molecule has 0 saturated heterocycles. The predicted octanol–water partition coefficient (Wildman–Crippen LogP) is 4.13. The lowest BCUT2D eigenvalue weighted by Crippen LogP contribution is -2.13. The first kappa shape index (κ1) is 15.1. The molecule has 0 radical (unpaired) electrons. The molecule has 5 nitrogen and oxygen atoms in total. The van der Waals surface area contributed by atoms with E-state index in [1.807, 2.05) is 41.8 Å². The number of amides is 1. The third kappa shape index (κ3) is 3.54. The number of carbonyl (C=O) groups is 1. The fourth-order valence-corrected chi connectivity index (χ4v) is 3.23. The van der Waals surface area contributed by atoms with E-state index >= 15 is 0 Å². The smallest absolute Gasteiger partial charge is 0.231 e. The van der Waals surface area contributed by atoms with Gasteiger partial charge in [-0.2, -0.15) is 4.98 Å². The molecule has 1 fully saturated rings. The van der Waals surface area contributed by atoms with Crippen LogP contribution >= 0.6 is 11.3 Å². The number of para-hydroxylation sites is 1. The molecule has 6 heteroatoms. The molecule has 1 aliphatic rings. The van der Waals surface area contributed by atoms with Crippen molar-refractivity contribution in [3.8, 4) is 10.7 Å². The second-order valence-corrected chi connectivity index (χ2v) is 6.97. The third-order valence-corrected chi connectivity index (χ3v) is 4.88. The topological polar surface area (TPSA) is 68.0 Å². The fraction of sp³-hybridized carbons (Fsp3) is 0.278. The van der Waals surface area contributed by atoms with Crippen molar-refractivity contribution in [2.75, 3.05) is 5.32 Å². The van der Waals surface area contributed by atoms with Crippen LogP contribution in [0.4, 0.5) is 5.69 Å². The summed E-state index contributed by atoms with van der Waals surface area (Å²) >= 11 is 1.58. The maximum absolute atomic E-state index is 12.1. The lowest BCUT2D eigenvalue weighted by Gasteiger charge is -2.09. The van der Waals surface area contributed by atoms with Crippen LogP contribution in [-0.4, -0.2) is 16.0 Å². The van der Waals surface area contributed by atoms with Gasteiger partial charge < -0.3 is 9.84 Å². The molecule has 1 saturated carbocycles. The van der Waals surface area contributed by atoms with Crippen LogP contribution in [-0.2, 0) is 11.2 Å². The Bertz CT molecular complexity index is 838. The predicted molar refractivity (Wildman–Crippen MR) is 92.8 cm³/mol. The number of nitrogens with one attached hydrogen (secondary N) is 1. The largest absolute Gasteiger partial charge is 0.339 e. The number of thiophene rings is 1. The molecule has 2 aromatic heterocycles. The highest BCUT2D eigenvalue weighted by Crippen LogP contribution is 2.32. The van der Waals surface area contributed by atoms with E-state index in [1.54, 1.807) is 11.3 Å². The molecule has 0 bridgehead atoms. The molecular formula is C18H17N3O2S. The second kappa shape index (κ2) is 6.57. The van der Waals surface area contributed by atoms with Crippen LogP contribution in [0.5, 0.6) is 0 Å². The van der Waals surface area contributed by atoms with Crippen molar-refractivity contribution in [1.82, 2.24) is 10.1 Å². The standard InChI is InChI=1S/C18H17N3O2S/c22-16(10-12-7-8-12)19-14-5-2-1-4-13(14)11-17-20-18(21-23-17)15-6-3-9-24-15/h1-6,9,12H,7-8,10-11H2,(H,19,22). The molecule has 2 heterocycles. The van der Waals surface area contributed by atoms with Gasteiger partial charge in [-0.05, 0) is 41.8 Å². The zero-order chi connectivity index (χ0) is 16.4. The maximum atomic E-state index is 12.1. The van der Waals surface area contributed by atoms with Gasteiger partial charge >= 0.3 is 0 Å². The molecule has 1 aliphatic carbocycles. The number of nitrogens with zero attached hydrogens (tertiary/aromatic N) is 2. The first-order chi connectivity index (χ1) is 11.8. The molecule has 1 N–H and O–H groups in total. The van der Waals surface area contributed by atoms with Crippen LogP contribution in [0.2, 0.25) is 0 Å². The Kier molecular flexibility index (Phi) is 4.13. The van der Waals surface area contributed by atoms with Crippen molar-refractivity contribution >= 4 is 22.9 Å². The summed E-state index contributed by atoms with van der Waals surface area (Å²) in [5.74, 6) is 1.80. The Hall–Kier alpha value is -2.47. The first-order valence-corrected chi connectivity index (χ1v) is 8.90. The van der Waals surface area contributed by atoms with Crippen LogP contribution in [0.3, 0.4) is 0 Å². The van der Waals surface area contributed by atoms with E-state index < -0.39 is 0 Å². The number of hydrogen-bond acceptors (Lipinski definition) is 5. The van der Waals surface area contributed by atoms with Crippen LogP contribution in [0.1, 0.15) is 30.7 Å². The lowest BCUT2D eigenvalue weighted by atomic mass is 10.1. The van der Waals surface area contributed by atoms with Crippen molar-refractivity contribution in [3.63, 3.8) is 0 Å². The minimum atomic E-state index is 0.0785. The summed E-state index contributed by atoms with van der Waals surface area (Å²) in [6.45, 7) is 0. The number of carbonyl (C=O) groups excluding carboxylic acids is 1. The number of hydrogen-bond donors (Lipinski definition) is 1. The van der Waals surface area contributed by atoms with Gasteiger partial charge in [-0.1, -0.05) is 29.4 Å². The summed E-state index contributed by atoms with van der Waals surface area (Å²) in [7, 11) is 0. The van der Waals surface area contributed by atoms with Crippen LogP contribution < -0.4 is 5.32 Å². The number of rotatable bonds is 6. The van der Waals surface area contributed by atoms with Gasteiger partial charge in [-0.3, -0.25) is 4.79 Å². The summed E-state index contributed by atoms with van der Waals surface area (Å²) in [6.07, 6.45) is 3.45. The number of aromatic nitrogens is 2. The second-order valence-electron chi connectivity index (χ2n) is 6.02. The van der Waals surface area contributed by atoms with Crippen molar-refractivity contribution in [2.24, 2.45) is 5.92 Å². The van der Waals surface area contributed by atoms with Gasteiger partial charge in [0.15, 0.2) is 0 Å². The van der Waals surface area contributed by atoms with E-state index in [1.165, 1.54) is 12.8 Å². The SMILES string of the molecule is O=C(CC1CC1)Nc1ccccc1Cc1nc(-c2cccs2)no1. The third-order valence-electron chi connectivity index (χ3n) is 4.01. The zero-order valence-corrected chi connectivity index (χ0v) is 13.9. The van der Waals surface area contributed by atoms with Gasteiger partial charge in [0.1, 0.15) is 0 Å². The van der Waals surface area contributed by atoms with E-state index in [9.17, 15) is 4.79 Å². The monoisotopic (exact) mass is 339 g/mol. The molecule has 4 rings (SSSR count).